The summed E-state index contributed by atoms with van der Waals surface area (Å²) in [6, 6.07) is 6.21. The Hall–Kier alpha value is -1.04. The van der Waals surface area contributed by atoms with Crippen molar-refractivity contribution in [3.63, 3.8) is 0 Å². The molecule has 0 saturated heterocycles. The maximum atomic E-state index is 12.6. The molecule has 0 spiro atoms. The van der Waals surface area contributed by atoms with E-state index in [1.807, 2.05) is 6.92 Å². The molecule has 1 aromatic rings. The molecule has 7 heteroatoms. The summed E-state index contributed by atoms with van der Waals surface area (Å²) in [5, 5.41) is 0. The normalized spacial score (nSPS) is 12.6. The van der Waals surface area contributed by atoms with Crippen LogP contribution in [0.2, 0.25) is 0 Å². The molecule has 0 atom stereocenters. The average molecular weight is 350 g/mol. The highest BCUT2D eigenvalue weighted by molar-refractivity contribution is 7.89. The average Bonchev–Trinajstić information content (AvgIpc) is 2.38. The molecule has 0 unspecified atom stereocenters. The fraction of sp³-hybridized carbons (Fsp3) is 0.357. The van der Waals surface area contributed by atoms with Crippen LogP contribution in [0.1, 0.15) is 19.4 Å². The van der Waals surface area contributed by atoms with Gasteiger partial charge in [-0.25, -0.2) is 12.7 Å². The van der Waals surface area contributed by atoms with Crippen LogP contribution in [0.3, 0.4) is 0 Å². The Kier molecular flexibility index (Phi) is 5.84. The van der Waals surface area contributed by atoms with Crippen molar-refractivity contribution in [2.45, 2.75) is 30.0 Å². The molecule has 0 bridgehead atoms. The molecular formula is C14H17Cl2NO3S. The smallest absolute Gasteiger partial charge is 0.270 e. The molecule has 0 aliphatic heterocycles. The van der Waals surface area contributed by atoms with E-state index in [2.05, 4.69) is 0 Å². The fourth-order valence-corrected chi connectivity index (χ4v) is 3.27. The number of carbonyl (C=O) groups excluding carboxylic acids is 1. The lowest BCUT2D eigenvalue weighted by Gasteiger charge is -2.25. The standard InChI is InChI=1S/C14H17Cl2NO3S/c1-4-5-10-17(13(18)14(3,15)16)21(19,20)12-8-6-11(2)7-9-12/h4-9H,10H2,1-3H3/b5-4+. The molecule has 1 amide bonds. The van der Waals surface area contributed by atoms with Crippen LogP contribution in [-0.2, 0) is 14.8 Å². The summed E-state index contributed by atoms with van der Waals surface area (Å²) >= 11 is 11.5. The highest BCUT2D eigenvalue weighted by Crippen LogP contribution is 2.27. The molecule has 0 radical (unpaired) electrons. The predicted octanol–water partition coefficient (Wildman–Crippen LogP) is 3.28. The van der Waals surface area contributed by atoms with Gasteiger partial charge in [-0.2, -0.15) is 0 Å². The number of halogens is 2. The Bertz CT molecular complexity index is 631. The summed E-state index contributed by atoms with van der Waals surface area (Å²) in [4.78, 5) is 12.2. The summed E-state index contributed by atoms with van der Waals surface area (Å²) in [5.74, 6) is -0.885. The lowest BCUT2D eigenvalue weighted by molar-refractivity contribution is -0.126. The van der Waals surface area contributed by atoms with Gasteiger partial charge in [0, 0.05) is 0 Å². The monoisotopic (exact) mass is 349 g/mol. The second-order valence-electron chi connectivity index (χ2n) is 4.61. The van der Waals surface area contributed by atoms with Gasteiger partial charge in [0.2, 0.25) is 0 Å². The predicted molar refractivity (Wildman–Crippen MR) is 85.0 cm³/mol. The molecule has 0 heterocycles. The Labute approximate surface area is 135 Å². The number of rotatable bonds is 5. The van der Waals surface area contributed by atoms with Gasteiger partial charge in [0.05, 0.1) is 11.4 Å². The molecule has 0 aliphatic rings. The zero-order valence-corrected chi connectivity index (χ0v) is 14.3. The van der Waals surface area contributed by atoms with Gasteiger partial charge in [0.15, 0.2) is 4.33 Å². The van der Waals surface area contributed by atoms with Crippen LogP contribution in [0.15, 0.2) is 41.3 Å². The van der Waals surface area contributed by atoms with Crippen molar-refractivity contribution in [2.24, 2.45) is 0 Å². The molecule has 1 rings (SSSR count). The van der Waals surface area contributed by atoms with Crippen LogP contribution >= 0.6 is 23.2 Å². The largest absolute Gasteiger partial charge is 0.272 e. The van der Waals surface area contributed by atoms with Crippen LogP contribution in [0, 0.1) is 6.92 Å². The Balaban J connectivity index is 3.30. The van der Waals surface area contributed by atoms with Crippen LogP contribution in [-0.4, -0.2) is 29.5 Å². The fourth-order valence-electron chi connectivity index (χ4n) is 1.55. The van der Waals surface area contributed by atoms with Crippen molar-refractivity contribution >= 4 is 39.1 Å². The number of hydrogen-bond donors (Lipinski definition) is 0. The summed E-state index contributed by atoms with van der Waals surface area (Å²) < 4.78 is 24.0. The van der Waals surface area contributed by atoms with Crippen LogP contribution in [0.4, 0.5) is 0 Å². The molecule has 0 saturated carbocycles. The van der Waals surface area contributed by atoms with Gasteiger partial charge in [-0.05, 0) is 32.9 Å². The Morgan fingerprint density at radius 2 is 1.81 bits per heavy atom. The van der Waals surface area contributed by atoms with Crippen molar-refractivity contribution in [1.82, 2.24) is 4.31 Å². The van der Waals surface area contributed by atoms with E-state index < -0.39 is 20.3 Å². The molecule has 4 nitrogen and oxygen atoms in total. The number of carbonyl (C=O) groups is 1. The van der Waals surface area contributed by atoms with E-state index in [9.17, 15) is 13.2 Å². The SMILES string of the molecule is C/C=C/CN(C(=O)C(C)(Cl)Cl)S(=O)(=O)c1ccc(C)cc1. The zero-order valence-electron chi connectivity index (χ0n) is 12.0. The van der Waals surface area contributed by atoms with Gasteiger partial charge < -0.3 is 0 Å². The first-order chi connectivity index (χ1) is 9.60. The van der Waals surface area contributed by atoms with Crippen LogP contribution in [0.5, 0.6) is 0 Å². The number of aryl methyl sites for hydroxylation is 1. The minimum atomic E-state index is -4.01. The topological polar surface area (TPSA) is 54.5 Å². The quantitative estimate of drug-likeness (QED) is 0.605. The third-order valence-electron chi connectivity index (χ3n) is 2.72. The summed E-state index contributed by atoms with van der Waals surface area (Å²) in [6.07, 6.45) is 3.19. The second kappa shape index (κ2) is 6.81. The molecule has 0 N–H and O–H groups in total. The number of alkyl halides is 2. The Morgan fingerprint density at radius 1 is 1.29 bits per heavy atom. The van der Waals surface area contributed by atoms with E-state index in [0.717, 1.165) is 5.56 Å². The van der Waals surface area contributed by atoms with E-state index in [0.29, 0.717) is 4.31 Å². The molecular weight excluding hydrogens is 333 g/mol. The highest BCUT2D eigenvalue weighted by atomic mass is 35.5. The lowest BCUT2D eigenvalue weighted by atomic mass is 10.2. The highest BCUT2D eigenvalue weighted by Gasteiger charge is 2.38. The van der Waals surface area contributed by atoms with Gasteiger partial charge in [0.25, 0.3) is 15.9 Å². The van der Waals surface area contributed by atoms with E-state index in [1.165, 1.54) is 19.1 Å². The minimum absolute atomic E-state index is 0.0172. The van der Waals surface area contributed by atoms with Gasteiger partial charge in [-0.1, -0.05) is 53.1 Å². The molecule has 0 aromatic heterocycles. The van der Waals surface area contributed by atoms with Crippen LogP contribution < -0.4 is 0 Å². The molecule has 0 aliphatic carbocycles. The van der Waals surface area contributed by atoms with Crippen LogP contribution in [0.25, 0.3) is 0 Å². The third kappa shape index (κ3) is 4.46. The van der Waals surface area contributed by atoms with Gasteiger partial charge >= 0.3 is 0 Å². The second-order valence-corrected chi connectivity index (χ2v) is 8.18. The minimum Gasteiger partial charge on any atom is -0.270 e. The van der Waals surface area contributed by atoms with Crippen molar-refractivity contribution in [3.8, 4) is 0 Å². The van der Waals surface area contributed by atoms with Crippen molar-refractivity contribution < 1.29 is 13.2 Å². The molecule has 116 valence electrons. The zero-order chi connectivity index (χ0) is 16.3. The summed E-state index contributed by atoms with van der Waals surface area (Å²) in [6.45, 7) is 4.68. The number of allylic oxidation sites excluding steroid dienone is 1. The third-order valence-corrected chi connectivity index (χ3v) is 4.80. The van der Waals surface area contributed by atoms with Crippen molar-refractivity contribution in [3.05, 3.63) is 42.0 Å². The van der Waals surface area contributed by atoms with Crippen molar-refractivity contribution in [1.29, 1.82) is 0 Å². The molecule has 0 fully saturated rings. The number of benzene rings is 1. The Morgan fingerprint density at radius 3 is 2.24 bits per heavy atom. The lowest BCUT2D eigenvalue weighted by Crippen LogP contribution is -2.44. The van der Waals surface area contributed by atoms with Crippen molar-refractivity contribution in [2.75, 3.05) is 6.54 Å². The number of sulfonamides is 1. The first kappa shape index (κ1) is 18.0. The molecule has 21 heavy (non-hydrogen) atoms. The molecule has 1 aromatic carbocycles. The van der Waals surface area contributed by atoms with E-state index in [-0.39, 0.29) is 11.4 Å². The summed E-state index contributed by atoms with van der Waals surface area (Å²) in [5.41, 5.74) is 0.916. The number of amides is 1. The first-order valence-corrected chi connectivity index (χ1v) is 8.43. The van der Waals surface area contributed by atoms with Gasteiger partial charge in [-0.3, -0.25) is 4.79 Å². The first-order valence-electron chi connectivity index (χ1n) is 6.23. The number of hydrogen-bond acceptors (Lipinski definition) is 3. The van der Waals surface area contributed by atoms with Gasteiger partial charge in [0.1, 0.15) is 0 Å². The van der Waals surface area contributed by atoms with Gasteiger partial charge in [-0.15, -0.1) is 0 Å². The van der Waals surface area contributed by atoms with E-state index >= 15 is 0 Å². The van der Waals surface area contributed by atoms with E-state index in [4.69, 9.17) is 23.2 Å². The number of nitrogens with zero attached hydrogens (tertiary/aromatic N) is 1. The summed E-state index contributed by atoms with van der Waals surface area (Å²) in [7, 11) is -4.01. The van der Waals surface area contributed by atoms with E-state index in [1.54, 1.807) is 31.2 Å². The maximum Gasteiger partial charge on any atom is 0.272 e. The maximum absolute atomic E-state index is 12.6.